The van der Waals surface area contributed by atoms with E-state index < -0.39 is 11.9 Å². The Bertz CT molecular complexity index is 842. The smallest absolute Gasteiger partial charge is 0.241 e. The van der Waals surface area contributed by atoms with Crippen molar-refractivity contribution in [3.8, 4) is 0 Å². The molecular formula is C19H19Cl2FN2O2. The molecule has 0 fully saturated rings. The molecule has 2 rings (SSSR count). The molecule has 0 saturated carbocycles. The van der Waals surface area contributed by atoms with Gasteiger partial charge >= 0.3 is 0 Å². The Morgan fingerprint density at radius 2 is 1.77 bits per heavy atom. The molecule has 2 aromatic carbocycles. The fourth-order valence-corrected chi connectivity index (χ4v) is 3.02. The topological polar surface area (TPSA) is 58.2 Å². The number of nitrogens with one attached hydrogen (secondary N) is 2. The molecule has 138 valence electrons. The van der Waals surface area contributed by atoms with E-state index >= 15 is 0 Å². The van der Waals surface area contributed by atoms with Gasteiger partial charge in [-0.15, -0.1) is 0 Å². The van der Waals surface area contributed by atoms with Crippen molar-refractivity contribution in [1.29, 1.82) is 0 Å². The predicted octanol–water partition coefficient (Wildman–Crippen LogP) is 5.01. The third-order valence-electron chi connectivity index (χ3n) is 3.94. The van der Waals surface area contributed by atoms with Crippen LogP contribution in [0.25, 0.3) is 0 Å². The van der Waals surface area contributed by atoms with Crippen LogP contribution in [0.15, 0.2) is 36.4 Å². The minimum absolute atomic E-state index is 0.0536. The van der Waals surface area contributed by atoms with Gasteiger partial charge in [-0.2, -0.15) is 0 Å². The van der Waals surface area contributed by atoms with Gasteiger partial charge in [-0.25, -0.2) is 4.39 Å². The Morgan fingerprint density at radius 3 is 2.42 bits per heavy atom. The third-order valence-corrected chi connectivity index (χ3v) is 4.55. The molecule has 0 aliphatic rings. The summed E-state index contributed by atoms with van der Waals surface area (Å²) in [5.74, 6) is -0.943. The maximum absolute atomic E-state index is 13.7. The highest BCUT2D eigenvalue weighted by Crippen LogP contribution is 2.28. The van der Waals surface area contributed by atoms with Gasteiger partial charge in [-0.3, -0.25) is 14.9 Å². The molecule has 0 heterocycles. The number of rotatable bonds is 6. The number of carbonyl (C=O) groups excluding carboxylic acids is 2. The van der Waals surface area contributed by atoms with Crippen LogP contribution in [-0.2, 0) is 4.79 Å². The highest BCUT2D eigenvalue weighted by atomic mass is 35.5. The van der Waals surface area contributed by atoms with Crippen molar-refractivity contribution in [2.75, 3.05) is 5.32 Å². The predicted molar refractivity (Wildman–Crippen MR) is 103 cm³/mol. The molecule has 0 bridgehead atoms. The van der Waals surface area contributed by atoms with Gasteiger partial charge in [-0.1, -0.05) is 35.3 Å². The van der Waals surface area contributed by atoms with Gasteiger partial charge in [0.1, 0.15) is 5.82 Å². The average Bonchev–Trinajstić information content (AvgIpc) is 2.58. The van der Waals surface area contributed by atoms with Crippen molar-refractivity contribution in [3.05, 3.63) is 63.4 Å². The first kappa shape index (κ1) is 20.4. The van der Waals surface area contributed by atoms with Crippen LogP contribution in [0.4, 0.5) is 10.1 Å². The third kappa shape index (κ3) is 5.04. The lowest BCUT2D eigenvalue weighted by Crippen LogP contribution is -2.39. The number of ketones is 1. The van der Waals surface area contributed by atoms with E-state index in [-0.39, 0.29) is 22.8 Å². The Kier molecular flexibility index (Phi) is 6.75. The van der Waals surface area contributed by atoms with Crippen LogP contribution in [0.3, 0.4) is 0 Å². The Morgan fingerprint density at radius 1 is 1.08 bits per heavy atom. The summed E-state index contributed by atoms with van der Waals surface area (Å²) in [4.78, 5) is 23.8. The van der Waals surface area contributed by atoms with Gasteiger partial charge in [0, 0.05) is 22.3 Å². The van der Waals surface area contributed by atoms with E-state index in [2.05, 4.69) is 10.6 Å². The molecule has 26 heavy (non-hydrogen) atoms. The summed E-state index contributed by atoms with van der Waals surface area (Å²) in [6, 6.07) is 8.32. The zero-order chi connectivity index (χ0) is 19.4. The molecular weight excluding hydrogens is 378 g/mol. The summed E-state index contributed by atoms with van der Waals surface area (Å²) in [5, 5.41) is 6.08. The molecule has 0 aliphatic carbocycles. The summed E-state index contributed by atoms with van der Waals surface area (Å²) in [5.41, 5.74) is 1.55. The molecule has 0 aromatic heterocycles. The highest BCUT2D eigenvalue weighted by Gasteiger charge is 2.19. The van der Waals surface area contributed by atoms with Crippen LogP contribution in [-0.4, -0.2) is 17.7 Å². The number of benzene rings is 2. The van der Waals surface area contributed by atoms with E-state index in [4.69, 9.17) is 23.2 Å². The molecule has 2 atom stereocenters. The summed E-state index contributed by atoms with van der Waals surface area (Å²) >= 11 is 11.8. The summed E-state index contributed by atoms with van der Waals surface area (Å²) < 4.78 is 13.7. The van der Waals surface area contributed by atoms with Crippen molar-refractivity contribution in [2.45, 2.75) is 32.9 Å². The quantitative estimate of drug-likeness (QED) is 0.532. The second kappa shape index (κ2) is 8.62. The van der Waals surface area contributed by atoms with E-state index in [1.807, 2.05) is 0 Å². The molecule has 2 N–H and O–H groups in total. The molecule has 1 amide bonds. The standard InChI is InChI=1S/C19H19Cl2FN2O2/c1-10(15-8-18(22)17(21)9-16(15)20)23-11(2)19(26)24-14-6-4-5-13(7-14)12(3)25/h4-11,23H,1-3H3,(H,24,26)/t10-,11-/m1/s1. The molecule has 0 unspecified atom stereocenters. The van der Waals surface area contributed by atoms with E-state index in [1.165, 1.54) is 19.1 Å². The number of hydrogen-bond donors (Lipinski definition) is 2. The molecule has 0 saturated heterocycles. The van der Waals surface area contributed by atoms with Crippen molar-refractivity contribution in [2.24, 2.45) is 0 Å². The van der Waals surface area contributed by atoms with Crippen LogP contribution < -0.4 is 10.6 Å². The molecule has 4 nitrogen and oxygen atoms in total. The fraction of sp³-hybridized carbons (Fsp3) is 0.263. The summed E-state index contributed by atoms with van der Waals surface area (Å²) in [6.07, 6.45) is 0. The van der Waals surface area contributed by atoms with Gasteiger partial charge in [-0.05, 0) is 50.6 Å². The number of hydrogen-bond acceptors (Lipinski definition) is 3. The fourth-order valence-electron chi connectivity index (χ4n) is 2.48. The van der Waals surface area contributed by atoms with Gasteiger partial charge in [0.2, 0.25) is 5.91 Å². The highest BCUT2D eigenvalue weighted by molar-refractivity contribution is 6.35. The first-order valence-corrected chi connectivity index (χ1v) is 8.77. The Hall–Kier alpha value is -1.95. The molecule has 0 aliphatic heterocycles. The van der Waals surface area contributed by atoms with E-state index in [1.54, 1.807) is 38.1 Å². The first-order valence-electron chi connectivity index (χ1n) is 8.01. The largest absolute Gasteiger partial charge is 0.325 e. The van der Waals surface area contributed by atoms with E-state index in [9.17, 15) is 14.0 Å². The minimum Gasteiger partial charge on any atom is -0.325 e. The maximum atomic E-state index is 13.7. The van der Waals surface area contributed by atoms with Crippen molar-refractivity contribution >= 4 is 40.6 Å². The van der Waals surface area contributed by atoms with Crippen molar-refractivity contribution in [1.82, 2.24) is 5.32 Å². The van der Waals surface area contributed by atoms with Crippen LogP contribution in [0, 0.1) is 5.82 Å². The van der Waals surface area contributed by atoms with Gasteiger partial charge < -0.3 is 5.32 Å². The molecule has 2 aromatic rings. The maximum Gasteiger partial charge on any atom is 0.241 e. The number of amides is 1. The number of carbonyl (C=O) groups is 2. The van der Waals surface area contributed by atoms with Crippen molar-refractivity contribution in [3.63, 3.8) is 0 Å². The zero-order valence-corrected chi connectivity index (χ0v) is 16.1. The van der Waals surface area contributed by atoms with Crippen LogP contribution in [0.1, 0.15) is 42.7 Å². The Balaban J connectivity index is 2.06. The lowest BCUT2D eigenvalue weighted by molar-refractivity contribution is -0.117. The van der Waals surface area contributed by atoms with Gasteiger partial charge in [0.05, 0.1) is 11.1 Å². The van der Waals surface area contributed by atoms with Gasteiger partial charge in [0.15, 0.2) is 5.78 Å². The van der Waals surface area contributed by atoms with E-state index in [0.717, 1.165) is 0 Å². The van der Waals surface area contributed by atoms with Crippen LogP contribution in [0.2, 0.25) is 10.0 Å². The van der Waals surface area contributed by atoms with Gasteiger partial charge in [0.25, 0.3) is 0 Å². The number of Topliss-reactive ketones (excluding diaryl/α,β-unsaturated/α-hetero) is 1. The molecule has 7 heteroatoms. The first-order chi connectivity index (χ1) is 12.2. The normalized spacial score (nSPS) is 13.2. The molecule has 0 spiro atoms. The van der Waals surface area contributed by atoms with Crippen LogP contribution >= 0.6 is 23.2 Å². The second-order valence-electron chi connectivity index (χ2n) is 6.02. The minimum atomic E-state index is -0.583. The Labute approximate surface area is 161 Å². The van der Waals surface area contributed by atoms with E-state index in [0.29, 0.717) is 21.8 Å². The summed E-state index contributed by atoms with van der Waals surface area (Å²) in [6.45, 7) is 4.91. The summed E-state index contributed by atoms with van der Waals surface area (Å²) in [7, 11) is 0. The lowest BCUT2D eigenvalue weighted by Gasteiger charge is -2.21. The number of anilines is 1. The monoisotopic (exact) mass is 396 g/mol. The molecule has 0 radical (unpaired) electrons. The van der Waals surface area contributed by atoms with Crippen LogP contribution in [0.5, 0.6) is 0 Å². The lowest BCUT2D eigenvalue weighted by atomic mass is 10.1. The SMILES string of the molecule is CC(=O)c1cccc(NC(=O)[C@@H](C)N[C@H](C)c2cc(F)c(Cl)cc2Cl)c1. The van der Waals surface area contributed by atoms with Crippen molar-refractivity contribution < 1.29 is 14.0 Å². The number of halogens is 3. The zero-order valence-electron chi connectivity index (χ0n) is 14.6. The average molecular weight is 397 g/mol. The second-order valence-corrected chi connectivity index (χ2v) is 6.84.